The number of pyridine rings is 1. The van der Waals surface area contributed by atoms with Gasteiger partial charge in [-0.15, -0.1) is 0 Å². The maximum absolute atomic E-state index is 12.9. The van der Waals surface area contributed by atoms with Gasteiger partial charge in [-0.05, 0) is 49.9 Å². The monoisotopic (exact) mass is 365 g/mol. The molecule has 0 bridgehead atoms. The number of amides is 1. The largest absolute Gasteiger partial charge is 0.481 e. The molecule has 27 heavy (non-hydrogen) atoms. The van der Waals surface area contributed by atoms with Crippen LogP contribution >= 0.6 is 0 Å². The lowest BCUT2D eigenvalue weighted by Gasteiger charge is -2.09. The topological polar surface area (TPSA) is 105 Å². The van der Waals surface area contributed by atoms with Crippen LogP contribution < -0.4 is 5.32 Å². The number of rotatable bonds is 6. The van der Waals surface area contributed by atoms with Gasteiger partial charge in [-0.2, -0.15) is 0 Å². The van der Waals surface area contributed by atoms with E-state index in [4.69, 9.17) is 9.63 Å². The number of carbonyl (C=O) groups is 2. The number of hydrogen-bond acceptors (Lipinski definition) is 5. The van der Waals surface area contributed by atoms with Crippen LogP contribution in [0.4, 0.5) is 5.69 Å². The number of carbonyl (C=O) groups excluding carboxylic acids is 1. The highest BCUT2D eigenvalue weighted by Crippen LogP contribution is 2.40. The summed E-state index contributed by atoms with van der Waals surface area (Å²) in [6.45, 7) is 1.79. The molecule has 0 aliphatic heterocycles. The van der Waals surface area contributed by atoms with Crippen molar-refractivity contribution in [2.75, 3.05) is 5.32 Å². The van der Waals surface area contributed by atoms with Crippen molar-refractivity contribution in [1.82, 2.24) is 10.1 Å². The Hall–Kier alpha value is -3.22. The van der Waals surface area contributed by atoms with Gasteiger partial charge in [0.25, 0.3) is 11.6 Å². The van der Waals surface area contributed by atoms with Crippen LogP contribution in [0.25, 0.3) is 11.1 Å². The molecule has 2 N–H and O–H groups in total. The van der Waals surface area contributed by atoms with Gasteiger partial charge in [0.1, 0.15) is 0 Å². The van der Waals surface area contributed by atoms with Gasteiger partial charge in [0.05, 0.1) is 16.6 Å². The molecule has 2 heterocycles. The summed E-state index contributed by atoms with van der Waals surface area (Å²) < 4.78 is 5.29. The highest BCUT2D eigenvalue weighted by molar-refractivity contribution is 6.12. The minimum absolute atomic E-state index is 0.0486. The van der Waals surface area contributed by atoms with Gasteiger partial charge in [-0.3, -0.25) is 9.59 Å². The summed E-state index contributed by atoms with van der Waals surface area (Å²) in [5.74, 6) is -0.726. The number of aliphatic carboxylic acids is 1. The number of carboxylic acid groups (broad SMARTS) is 1. The third-order valence-electron chi connectivity index (χ3n) is 4.69. The Labute approximate surface area is 155 Å². The summed E-state index contributed by atoms with van der Waals surface area (Å²) in [5, 5.41) is 16.3. The molecule has 138 valence electrons. The molecule has 4 rings (SSSR count). The second kappa shape index (κ2) is 6.83. The van der Waals surface area contributed by atoms with Crippen molar-refractivity contribution in [2.45, 2.75) is 38.5 Å². The van der Waals surface area contributed by atoms with E-state index in [2.05, 4.69) is 15.5 Å². The van der Waals surface area contributed by atoms with Crippen LogP contribution in [0.15, 0.2) is 34.9 Å². The maximum Gasteiger partial charge on any atom is 0.303 e. The quantitative estimate of drug-likeness (QED) is 0.690. The first kappa shape index (κ1) is 17.2. The molecule has 7 nitrogen and oxygen atoms in total. The zero-order chi connectivity index (χ0) is 19.0. The molecule has 0 unspecified atom stereocenters. The molecule has 1 aliphatic carbocycles. The Bertz CT molecular complexity index is 1040. The number of aryl methyl sites for hydroxylation is 2. The van der Waals surface area contributed by atoms with Crippen molar-refractivity contribution >= 4 is 28.7 Å². The number of nitrogens with one attached hydrogen (secondary N) is 1. The molecule has 3 aromatic rings. The van der Waals surface area contributed by atoms with E-state index >= 15 is 0 Å². The Morgan fingerprint density at radius 1 is 1.30 bits per heavy atom. The van der Waals surface area contributed by atoms with Crippen LogP contribution in [0.1, 0.15) is 52.5 Å². The summed E-state index contributed by atoms with van der Waals surface area (Å²) in [4.78, 5) is 28.2. The number of carboxylic acids is 1. The lowest BCUT2D eigenvalue weighted by Crippen LogP contribution is -2.13. The second-order valence-corrected chi connectivity index (χ2v) is 6.87. The van der Waals surface area contributed by atoms with E-state index in [0.717, 1.165) is 24.1 Å². The summed E-state index contributed by atoms with van der Waals surface area (Å²) in [5.41, 5.74) is 3.85. The molecule has 2 aromatic heterocycles. The minimum atomic E-state index is -0.848. The average Bonchev–Trinajstić information content (AvgIpc) is 3.43. The van der Waals surface area contributed by atoms with Crippen molar-refractivity contribution in [3.63, 3.8) is 0 Å². The molecule has 0 spiro atoms. The van der Waals surface area contributed by atoms with Gasteiger partial charge in [0.15, 0.2) is 0 Å². The Morgan fingerprint density at radius 2 is 2.11 bits per heavy atom. The molecule has 7 heteroatoms. The van der Waals surface area contributed by atoms with Crippen LogP contribution in [-0.2, 0) is 11.2 Å². The fourth-order valence-corrected chi connectivity index (χ4v) is 3.14. The van der Waals surface area contributed by atoms with E-state index in [1.165, 1.54) is 0 Å². The highest BCUT2D eigenvalue weighted by atomic mass is 16.5. The average molecular weight is 365 g/mol. The molecule has 1 aliphatic rings. The predicted octanol–water partition coefficient (Wildman–Crippen LogP) is 3.68. The molecular formula is C20H19N3O4. The Balaban J connectivity index is 1.62. The number of hydrogen-bond donors (Lipinski definition) is 2. The molecule has 0 atom stereocenters. The molecule has 1 amide bonds. The van der Waals surface area contributed by atoms with Crippen molar-refractivity contribution in [3.8, 4) is 0 Å². The third-order valence-corrected chi connectivity index (χ3v) is 4.69. The highest BCUT2D eigenvalue weighted by Gasteiger charge is 2.28. The first-order valence-corrected chi connectivity index (χ1v) is 8.90. The van der Waals surface area contributed by atoms with E-state index in [1.54, 1.807) is 25.1 Å². The van der Waals surface area contributed by atoms with Crippen LogP contribution in [0, 0.1) is 6.92 Å². The summed E-state index contributed by atoms with van der Waals surface area (Å²) in [6.07, 6.45) is 2.60. The van der Waals surface area contributed by atoms with Crippen LogP contribution in [0.5, 0.6) is 0 Å². The normalized spacial score (nSPS) is 13.7. The van der Waals surface area contributed by atoms with E-state index in [-0.39, 0.29) is 12.3 Å². The van der Waals surface area contributed by atoms with Gasteiger partial charge in [-0.1, -0.05) is 17.3 Å². The summed E-state index contributed by atoms with van der Waals surface area (Å²) >= 11 is 0. The lowest BCUT2D eigenvalue weighted by molar-refractivity contribution is -0.136. The number of anilines is 1. The number of fused-ring (bicyclic) bond motifs is 1. The van der Waals surface area contributed by atoms with Gasteiger partial charge >= 0.3 is 5.97 Å². The Morgan fingerprint density at radius 3 is 2.85 bits per heavy atom. The van der Waals surface area contributed by atoms with E-state index < -0.39 is 5.97 Å². The molecule has 1 fully saturated rings. The molecule has 1 saturated carbocycles. The zero-order valence-electron chi connectivity index (χ0n) is 14.9. The first-order chi connectivity index (χ1) is 13.0. The number of aromatic nitrogens is 2. The minimum Gasteiger partial charge on any atom is -0.481 e. The standard InChI is InChI=1S/C20H19N3O4/c1-11-18-15(10-16(13-6-7-13)22-20(18)27-23-11)19(26)21-14-4-2-3-12(9-14)5-8-17(24)25/h2-4,9-10,13H,5-8H2,1H3,(H,21,26)(H,24,25). The maximum atomic E-state index is 12.9. The molecular weight excluding hydrogens is 346 g/mol. The summed E-state index contributed by atoms with van der Waals surface area (Å²) in [7, 11) is 0. The van der Waals surface area contributed by atoms with E-state index in [9.17, 15) is 9.59 Å². The zero-order valence-corrected chi connectivity index (χ0v) is 14.9. The smallest absolute Gasteiger partial charge is 0.303 e. The number of nitrogens with zero attached hydrogens (tertiary/aromatic N) is 2. The fourth-order valence-electron chi connectivity index (χ4n) is 3.14. The SMILES string of the molecule is Cc1noc2nc(C3CC3)cc(C(=O)Nc3cccc(CCC(=O)O)c3)c12. The van der Waals surface area contributed by atoms with Gasteiger partial charge in [0, 0.05) is 23.7 Å². The molecule has 1 aromatic carbocycles. The van der Waals surface area contributed by atoms with Gasteiger partial charge < -0.3 is 14.9 Å². The van der Waals surface area contributed by atoms with Crippen molar-refractivity contribution in [2.24, 2.45) is 0 Å². The van der Waals surface area contributed by atoms with Gasteiger partial charge in [0.2, 0.25) is 0 Å². The first-order valence-electron chi connectivity index (χ1n) is 8.90. The van der Waals surface area contributed by atoms with E-state index in [0.29, 0.717) is 40.4 Å². The Kier molecular flexibility index (Phi) is 4.35. The van der Waals surface area contributed by atoms with E-state index in [1.807, 2.05) is 12.1 Å². The van der Waals surface area contributed by atoms with Crippen LogP contribution in [0.2, 0.25) is 0 Å². The second-order valence-electron chi connectivity index (χ2n) is 6.87. The fraction of sp³-hybridized carbons (Fsp3) is 0.300. The van der Waals surface area contributed by atoms with Crippen molar-refractivity contribution in [1.29, 1.82) is 0 Å². The molecule has 0 radical (unpaired) electrons. The predicted molar refractivity (Wildman–Crippen MR) is 98.9 cm³/mol. The number of benzene rings is 1. The van der Waals surface area contributed by atoms with Gasteiger partial charge in [-0.25, -0.2) is 4.98 Å². The molecule has 0 saturated heterocycles. The van der Waals surface area contributed by atoms with Crippen molar-refractivity contribution in [3.05, 3.63) is 52.8 Å². The van der Waals surface area contributed by atoms with Crippen LogP contribution in [0.3, 0.4) is 0 Å². The van der Waals surface area contributed by atoms with Crippen LogP contribution in [-0.4, -0.2) is 27.1 Å². The lowest BCUT2D eigenvalue weighted by atomic mass is 10.1. The summed E-state index contributed by atoms with van der Waals surface area (Å²) in [6, 6.07) is 9.05. The third kappa shape index (κ3) is 3.67. The van der Waals surface area contributed by atoms with Crippen molar-refractivity contribution < 1.29 is 19.2 Å².